The van der Waals surface area contributed by atoms with Gasteiger partial charge in [-0.2, -0.15) is 0 Å². The lowest BCUT2D eigenvalue weighted by atomic mass is 9.77. The lowest BCUT2D eigenvalue weighted by Crippen LogP contribution is -2.55. The highest BCUT2D eigenvalue weighted by molar-refractivity contribution is 5.84. The van der Waals surface area contributed by atoms with E-state index in [1.165, 1.54) is 7.11 Å². The largest absolute Gasteiger partial charge is 0.497 e. The van der Waals surface area contributed by atoms with Crippen LogP contribution in [-0.4, -0.2) is 41.0 Å². The summed E-state index contributed by atoms with van der Waals surface area (Å²) in [5, 5.41) is 3.40. The second kappa shape index (κ2) is 7.88. The van der Waals surface area contributed by atoms with Crippen molar-refractivity contribution in [2.24, 2.45) is 0 Å². The SMILES string of the molecule is COC(=O)[C@@]1(Cc2ccc(OC)cc2)NCCc2cc(OC)c(OC)cc21. The molecule has 1 heterocycles. The molecule has 0 aliphatic carbocycles. The fourth-order valence-corrected chi connectivity index (χ4v) is 3.67. The molecule has 0 bridgehead atoms. The van der Waals surface area contributed by atoms with Gasteiger partial charge in [0.25, 0.3) is 0 Å². The van der Waals surface area contributed by atoms with Crippen LogP contribution in [0.2, 0.25) is 0 Å². The topological polar surface area (TPSA) is 66.0 Å². The minimum Gasteiger partial charge on any atom is -0.497 e. The van der Waals surface area contributed by atoms with Crippen molar-refractivity contribution in [1.29, 1.82) is 0 Å². The molecule has 2 aromatic carbocycles. The number of hydrogen-bond donors (Lipinski definition) is 1. The van der Waals surface area contributed by atoms with Crippen LogP contribution in [0.25, 0.3) is 0 Å². The van der Waals surface area contributed by atoms with Gasteiger partial charge in [0, 0.05) is 13.0 Å². The molecule has 1 aliphatic rings. The molecule has 0 saturated heterocycles. The molecule has 6 nitrogen and oxygen atoms in total. The van der Waals surface area contributed by atoms with Crippen molar-refractivity contribution in [2.75, 3.05) is 35.0 Å². The van der Waals surface area contributed by atoms with Crippen LogP contribution in [-0.2, 0) is 27.9 Å². The highest BCUT2D eigenvalue weighted by atomic mass is 16.5. The second-order valence-corrected chi connectivity index (χ2v) is 6.46. The standard InChI is InChI=1S/C21H25NO5/c1-24-16-7-5-14(6-8-16)13-21(20(23)27-4)17-12-19(26-3)18(25-2)11-15(17)9-10-22-21/h5-8,11-12,22H,9-10,13H2,1-4H3/t21-/m0/s1. The van der Waals surface area contributed by atoms with E-state index >= 15 is 0 Å². The molecule has 0 saturated carbocycles. The predicted molar refractivity (Wildman–Crippen MR) is 102 cm³/mol. The molecule has 1 N–H and O–H groups in total. The fraction of sp³-hybridized carbons (Fsp3) is 0.381. The molecule has 27 heavy (non-hydrogen) atoms. The number of ether oxygens (including phenoxy) is 4. The number of rotatable bonds is 6. The molecule has 2 aromatic rings. The van der Waals surface area contributed by atoms with E-state index in [0.29, 0.717) is 24.5 Å². The Morgan fingerprint density at radius 3 is 2.26 bits per heavy atom. The molecule has 0 amide bonds. The van der Waals surface area contributed by atoms with Crippen molar-refractivity contribution in [1.82, 2.24) is 5.32 Å². The number of esters is 1. The molecule has 0 spiro atoms. The first-order valence-electron chi connectivity index (χ1n) is 8.79. The molecule has 6 heteroatoms. The maximum Gasteiger partial charge on any atom is 0.331 e. The monoisotopic (exact) mass is 371 g/mol. The molecular weight excluding hydrogens is 346 g/mol. The number of nitrogens with one attached hydrogen (secondary N) is 1. The number of carbonyl (C=O) groups is 1. The predicted octanol–water partition coefficient (Wildman–Crippen LogP) is 2.47. The van der Waals surface area contributed by atoms with Crippen molar-refractivity contribution in [3.05, 3.63) is 53.1 Å². The van der Waals surface area contributed by atoms with Crippen LogP contribution in [0.15, 0.2) is 36.4 Å². The Morgan fingerprint density at radius 1 is 1.00 bits per heavy atom. The quantitative estimate of drug-likeness (QED) is 0.787. The van der Waals surface area contributed by atoms with E-state index in [0.717, 1.165) is 28.9 Å². The average Bonchev–Trinajstić information content (AvgIpc) is 2.72. The van der Waals surface area contributed by atoms with E-state index in [9.17, 15) is 4.79 Å². The van der Waals surface area contributed by atoms with Gasteiger partial charge >= 0.3 is 5.97 Å². The molecule has 3 rings (SSSR count). The maximum absolute atomic E-state index is 13.0. The lowest BCUT2D eigenvalue weighted by molar-refractivity contribution is -0.149. The van der Waals surface area contributed by atoms with E-state index in [1.807, 2.05) is 36.4 Å². The third-order valence-corrected chi connectivity index (χ3v) is 5.05. The Morgan fingerprint density at radius 2 is 1.67 bits per heavy atom. The van der Waals surface area contributed by atoms with E-state index < -0.39 is 5.54 Å². The molecule has 0 fully saturated rings. The molecule has 1 aliphatic heterocycles. The zero-order chi connectivity index (χ0) is 19.4. The van der Waals surface area contributed by atoms with Crippen molar-refractivity contribution >= 4 is 5.97 Å². The highest BCUT2D eigenvalue weighted by Gasteiger charge is 2.45. The summed E-state index contributed by atoms with van der Waals surface area (Å²) < 4.78 is 21.3. The molecular formula is C21H25NO5. The van der Waals surface area contributed by atoms with Gasteiger partial charge in [0.05, 0.1) is 28.4 Å². The fourth-order valence-electron chi connectivity index (χ4n) is 3.67. The summed E-state index contributed by atoms with van der Waals surface area (Å²) in [6.07, 6.45) is 1.24. The highest BCUT2D eigenvalue weighted by Crippen LogP contribution is 2.40. The normalized spacial score (nSPS) is 18.4. The van der Waals surface area contributed by atoms with Gasteiger partial charge in [-0.3, -0.25) is 5.32 Å². The Hall–Kier alpha value is -2.73. The van der Waals surface area contributed by atoms with E-state index in [1.54, 1.807) is 21.3 Å². The van der Waals surface area contributed by atoms with Gasteiger partial charge in [0.1, 0.15) is 11.3 Å². The lowest BCUT2D eigenvalue weighted by Gasteiger charge is -2.38. The summed E-state index contributed by atoms with van der Waals surface area (Å²) in [5.41, 5.74) is 1.91. The summed E-state index contributed by atoms with van der Waals surface area (Å²) in [6.45, 7) is 0.660. The van der Waals surface area contributed by atoms with Crippen LogP contribution >= 0.6 is 0 Å². The number of fused-ring (bicyclic) bond motifs is 1. The maximum atomic E-state index is 13.0. The average molecular weight is 371 g/mol. The molecule has 0 aromatic heterocycles. The molecule has 1 atom stereocenters. The van der Waals surface area contributed by atoms with Crippen molar-refractivity contribution in [3.63, 3.8) is 0 Å². The van der Waals surface area contributed by atoms with E-state index in [-0.39, 0.29) is 5.97 Å². The Kier molecular flexibility index (Phi) is 5.56. The Bertz CT molecular complexity index is 818. The van der Waals surface area contributed by atoms with Gasteiger partial charge in [0.2, 0.25) is 0 Å². The van der Waals surface area contributed by atoms with Gasteiger partial charge in [-0.05, 0) is 47.4 Å². The van der Waals surface area contributed by atoms with Gasteiger partial charge in [-0.1, -0.05) is 12.1 Å². The first-order chi connectivity index (χ1) is 13.1. The third-order valence-electron chi connectivity index (χ3n) is 5.05. The first kappa shape index (κ1) is 19.0. The van der Waals surface area contributed by atoms with Gasteiger partial charge in [-0.15, -0.1) is 0 Å². The van der Waals surface area contributed by atoms with Crippen molar-refractivity contribution in [3.8, 4) is 17.2 Å². The Labute approximate surface area is 159 Å². The van der Waals surface area contributed by atoms with Crippen molar-refractivity contribution in [2.45, 2.75) is 18.4 Å². The smallest absolute Gasteiger partial charge is 0.331 e. The number of benzene rings is 2. The van der Waals surface area contributed by atoms with Gasteiger partial charge < -0.3 is 18.9 Å². The molecule has 0 radical (unpaired) electrons. The van der Waals surface area contributed by atoms with E-state index in [2.05, 4.69) is 5.32 Å². The van der Waals surface area contributed by atoms with Gasteiger partial charge in [-0.25, -0.2) is 4.79 Å². The van der Waals surface area contributed by atoms with Crippen LogP contribution in [0.4, 0.5) is 0 Å². The number of carbonyl (C=O) groups excluding carboxylic acids is 1. The second-order valence-electron chi connectivity index (χ2n) is 6.46. The van der Waals surface area contributed by atoms with E-state index in [4.69, 9.17) is 18.9 Å². The van der Waals surface area contributed by atoms with Crippen LogP contribution < -0.4 is 19.5 Å². The minimum atomic E-state index is -0.990. The Balaban J connectivity index is 2.11. The summed E-state index contributed by atoms with van der Waals surface area (Å²) in [6, 6.07) is 11.5. The van der Waals surface area contributed by atoms with Crippen molar-refractivity contribution < 1.29 is 23.7 Å². The minimum absolute atomic E-state index is 0.327. The van der Waals surface area contributed by atoms with Crippen LogP contribution in [0, 0.1) is 0 Å². The van der Waals surface area contributed by atoms with Crippen LogP contribution in [0.5, 0.6) is 17.2 Å². The summed E-state index contributed by atoms with van der Waals surface area (Å²) in [7, 11) is 6.23. The zero-order valence-corrected chi connectivity index (χ0v) is 16.1. The third kappa shape index (κ3) is 3.45. The molecule has 144 valence electrons. The van der Waals surface area contributed by atoms with Gasteiger partial charge in [0.15, 0.2) is 11.5 Å². The first-order valence-corrected chi connectivity index (χ1v) is 8.79. The number of hydrogen-bond acceptors (Lipinski definition) is 6. The summed E-state index contributed by atoms with van der Waals surface area (Å²) >= 11 is 0. The number of methoxy groups -OCH3 is 4. The summed E-state index contributed by atoms with van der Waals surface area (Å²) in [4.78, 5) is 13.0. The summed E-state index contributed by atoms with van der Waals surface area (Å²) in [5.74, 6) is 1.69. The molecule has 0 unspecified atom stereocenters. The van der Waals surface area contributed by atoms with Crippen LogP contribution in [0.1, 0.15) is 16.7 Å². The zero-order valence-electron chi connectivity index (χ0n) is 16.1. The van der Waals surface area contributed by atoms with Crippen LogP contribution in [0.3, 0.4) is 0 Å².